The third kappa shape index (κ3) is 4.85. The van der Waals surface area contributed by atoms with Crippen molar-refractivity contribution in [3.63, 3.8) is 0 Å². The summed E-state index contributed by atoms with van der Waals surface area (Å²) in [6, 6.07) is 7.98. The number of rotatable bonds is 7. The first-order chi connectivity index (χ1) is 12.6. The fraction of sp³-hybridized carbons (Fsp3) is 0.619. The Morgan fingerprint density at radius 3 is 2.35 bits per heavy atom. The lowest BCUT2D eigenvalue weighted by Gasteiger charge is -2.32. The average molecular weight is 358 g/mol. The number of benzene rings is 1. The van der Waals surface area contributed by atoms with Crippen molar-refractivity contribution >= 4 is 11.8 Å². The van der Waals surface area contributed by atoms with Crippen molar-refractivity contribution in [1.82, 2.24) is 9.80 Å². The van der Waals surface area contributed by atoms with Crippen molar-refractivity contribution in [2.45, 2.75) is 32.1 Å². The monoisotopic (exact) mass is 358 g/mol. The maximum atomic E-state index is 12.3. The molecule has 1 saturated heterocycles. The van der Waals surface area contributed by atoms with Gasteiger partial charge in [0.25, 0.3) is 5.91 Å². The van der Waals surface area contributed by atoms with Crippen LogP contribution in [-0.2, 0) is 16.0 Å². The Morgan fingerprint density at radius 2 is 1.77 bits per heavy atom. The zero-order chi connectivity index (χ0) is 18.5. The van der Waals surface area contributed by atoms with E-state index in [0.29, 0.717) is 30.9 Å². The van der Waals surface area contributed by atoms with Crippen molar-refractivity contribution < 1.29 is 14.3 Å². The molecule has 26 heavy (non-hydrogen) atoms. The molecule has 3 rings (SSSR count). The van der Waals surface area contributed by atoms with Gasteiger partial charge >= 0.3 is 0 Å². The first-order valence-electron chi connectivity index (χ1n) is 9.70. The van der Waals surface area contributed by atoms with E-state index in [4.69, 9.17) is 4.74 Å². The van der Waals surface area contributed by atoms with Crippen molar-refractivity contribution in [2.24, 2.45) is 11.8 Å². The van der Waals surface area contributed by atoms with Gasteiger partial charge in [-0.1, -0.05) is 12.1 Å². The van der Waals surface area contributed by atoms with Gasteiger partial charge in [0, 0.05) is 45.3 Å². The molecule has 1 saturated carbocycles. The fourth-order valence-corrected chi connectivity index (χ4v) is 3.61. The third-order valence-electron chi connectivity index (χ3n) is 5.56. The maximum Gasteiger partial charge on any atom is 0.253 e. The van der Waals surface area contributed by atoms with E-state index >= 15 is 0 Å². The Bertz CT molecular complexity index is 617. The highest BCUT2D eigenvalue weighted by Gasteiger charge is 2.34. The van der Waals surface area contributed by atoms with E-state index in [9.17, 15) is 9.59 Å². The number of ether oxygens (including phenoxy) is 1. The van der Waals surface area contributed by atoms with Crippen LogP contribution in [-0.4, -0.2) is 62.0 Å². The van der Waals surface area contributed by atoms with Crippen molar-refractivity contribution in [3.05, 3.63) is 35.4 Å². The van der Waals surface area contributed by atoms with Crippen LogP contribution in [0.1, 0.15) is 41.6 Å². The number of amides is 2. The number of piperidine rings is 1. The number of carbonyl (C=O) groups excluding carboxylic acids is 2. The van der Waals surface area contributed by atoms with Gasteiger partial charge in [0.1, 0.15) is 0 Å². The van der Waals surface area contributed by atoms with Crippen LogP contribution in [0.4, 0.5) is 0 Å². The summed E-state index contributed by atoms with van der Waals surface area (Å²) < 4.78 is 5.02. The molecule has 1 heterocycles. The standard InChI is InChI=1S/C21H30N2O3/c1-22(13-14-26-2)20(24)18-5-3-16(4-6-18)15-17-9-11-23(12-10-17)21(25)19-7-8-19/h3-6,17,19H,7-15H2,1-2H3. The summed E-state index contributed by atoms with van der Waals surface area (Å²) in [5.74, 6) is 1.37. The molecule has 0 spiro atoms. The molecule has 0 N–H and O–H groups in total. The Balaban J connectivity index is 1.47. The lowest BCUT2D eigenvalue weighted by atomic mass is 9.89. The molecule has 2 aliphatic rings. The zero-order valence-electron chi connectivity index (χ0n) is 15.9. The van der Waals surface area contributed by atoms with Gasteiger partial charge in [-0.05, 0) is 55.7 Å². The highest BCUT2D eigenvalue weighted by atomic mass is 16.5. The van der Waals surface area contributed by atoms with E-state index in [2.05, 4.69) is 17.0 Å². The first-order valence-corrected chi connectivity index (χ1v) is 9.70. The summed E-state index contributed by atoms with van der Waals surface area (Å²) in [7, 11) is 3.44. The molecule has 5 nitrogen and oxygen atoms in total. The Morgan fingerprint density at radius 1 is 1.12 bits per heavy atom. The van der Waals surface area contributed by atoms with E-state index in [1.54, 1.807) is 19.1 Å². The van der Waals surface area contributed by atoms with Gasteiger partial charge in [0.2, 0.25) is 5.91 Å². The molecule has 0 unspecified atom stereocenters. The smallest absolute Gasteiger partial charge is 0.253 e. The normalized spacial score (nSPS) is 18.0. The molecule has 5 heteroatoms. The average Bonchev–Trinajstić information content (AvgIpc) is 3.51. The predicted octanol–water partition coefficient (Wildman–Crippen LogP) is 2.60. The molecule has 2 amide bonds. The highest BCUT2D eigenvalue weighted by molar-refractivity contribution is 5.94. The van der Waals surface area contributed by atoms with E-state index in [0.717, 1.165) is 50.8 Å². The molecule has 0 atom stereocenters. The SMILES string of the molecule is COCCN(C)C(=O)c1ccc(CC2CCN(C(=O)C3CC3)CC2)cc1. The zero-order valence-corrected chi connectivity index (χ0v) is 15.9. The molecule has 1 aliphatic heterocycles. The largest absolute Gasteiger partial charge is 0.383 e. The molecule has 0 aromatic heterocycles. The fourth-order valence-electron chi connectivity index (χ4n) is 3.61. The molecule has 2 fully saturated rings. The van der Waals surface area contributed by atoms with E-state index < -0.39 is 0 Å². The first kappa shape index (κ1) is 18.9. The summed E-state index contributed by atoms with van der Waals surface area (Å²) in [6.07, 6.45) is 5.37. The van der Waals surface area contributed by atoms with Crippen molar-refractivity contribution in [2.75, 3.05) is 40.4 Å². The van der Waals surface area contributed by atoms with Crippen LogP contribution in [0.25, 0.3) is 0 Å². The molecule has 1 aromatic rings. The molecular formula is C21H30N2O3. The summed E-state index contributed by atoms with van der Waals surface area (Å²) >= 11 is 0. The van der Waals surface area contributed by atoms with Crippen molar-refractivity contribution in [3.8, 4) is 0 Å². The van der Waals surface area contributed by atoms with E-state index in [1.165, 1.54) is 5.56 Å². The third-order valence-corrected chi connectivity index (χ3v) is 5.56. The summed E-state index contributed by atoms with van der Waals surface area (Å²) in [5.41, 5.74) is 1.99. The van der Waals surface area contributed by atoms with Crippen LogP contribution in [0, 0.1) is 11.8 Å². The number of carbonyl (C=O) groups is 2. The Kier molecular flexibility index (Phi) is 6.30. The van der Waals surface area contributed by atoms with Gasteiger partial charge < -0.3 is 14.5 Å². The highest BCUT2D eigenvalue weighted by Crippen LogP contribution is 2.32. The van der Waals surface area contributed by atoms with E-state index in [-0.39, 0.29) is 5.91 Å². The van der Waals surface area contributed by atoms with Crippen LogP contribution in [0.5, 0.6) is 0 Å². The molecular weight excluding hydrogens is 328 g/mol. The maximum absolute atomic E-state index is 12.3. The van der Waals surface area contributed by atoms with Crippen LogP contribution in [0.15, 0.2) is 24.3 Å². The molecule has 1 aliphatic carbocycles. The summed E-state index contributed by atoms with van der Waals surface area (Å²) in [4.78, 5) is 28.2. The quantitative estimate of drug-likeness (QED) is 0.753. The molecule has 0 radical (unpaired) electrons. The van der Waals surface area contributed by atoms with Crippen LogP contribution < -0.4 is 0 Å². The van der Waals surface area contributed by atoms with Gasteiger partial charge in [-0.15, -0.1) is 0 Å². The van der Waals surface area contributed by atoms with Crippen LogP contribution in [0.3, 0.4) is 0 Å². The Labute approximate surface area is 156 Å². The molecule has 1 aromatic carbocycles. The Hall–Kier alpha value is -1.88. The second-order valence-electron chi connectivity index (χ2n) is 7.66. The number of methoxy groups -OCH3 is 1. The second-order valence-corrected chi connectivity index (χ2v) is 7.66. The lowest BCUT2D eigenvalue weighted by Crippen LogP contribution is -2.39. The minimum absolute atomic E-state index is 0.0282. The number of likely N-dealkylation sites (tertiary alicyclic amines) is 1. The predicted molar refractivity (Wildman–Crippen MR) is 101 cm³/mol. The van der Waals surface area contributed by atoms with Gasteiger partial charge in [-0.25, -0.2) is 0 Å². The van der Waals surface area contributed by atoms with E-state index in [1.807, 2.05) is 12.1 Å². The second kappa shape index (κ2) is 8.67. The molecule has 142 valence electrons. The minimum Gasteiger partial charge on any atom is -0.383 e. The number of nitrogens with zero attached hydrogens (tertiary/aromatic N) is 2. The molecule has 0 bridgehead atoms. The van der Waals surface area contributed by atoms with Gasteiger partial charge in [-0.3, -0.25) is 9.59 Å². The lowest BCUT2D eigenvalue weighted by molar-refractivity contribution is -0.133. The summed E-state index contributed by atoms with van der Waals surface area (Å²) in [6.45, 7) is 2.94. The van der Waals surface area contributed by atoms with Gasteiger partial charge in [0.05, 0.1) is 6.61 Å². The number of hydrogen-bond acceptors (Lipinski definition) is 3. The minimum atomic E-state index is 0.0282. The number of hydrogen-bond donors (Lipinski definition) is 0. The van der Waals surface area contributed by atoms with Crippen molar-refractivity contribution in [1.29, 1.82) is 0 Å². The summed E-state index contributed by atoms with van der Waals surface area (Å²) in [5, 5.41) is 0. The van der Waals surface area contributed by atoms with Crippen LogP contribution >= 0.6 is 0 Å². The van der Waals surface area contributed by atoms with Crippen LogP contribution in [0.2, 0.25) is 0 Å². The topological polar surface area (TPSA) is 49.9 Å². The van der Waals surface area contributed by atoms with Gasteiger partial charge in [-0.2, -0.15) is 0 Å². The number of likely N-dealkylation sites (N-methyl/N-ethyl adjacent to an activating group) is 1. The van der Waals surface area contributed by atoms with Gasteiger partial charge in [0.15, 0.2) is 0 Å².